The van der Waals surface area contributed by atoms with Gasteiger partial charge in [-0.3, -0.25) is 19.4 Å². The van der Waals surface area contributed by atoms with Crippen LogP contribution in [0.2, 0.25) is 0 Å². The number of hydrogen-bond acceptors (Lipinski definition) is 4. The van der Waals surface area contributed by atoms with Crippen LogP contribution in [0.1, 0.15) is 59.3 Å². The van der Waals surface area contributed by atoms with Crippen LogP contribution in [0.15, 0.2) is 0 Å². The molecule has 0 aromatic carbocycles. The van der Waals surface area contributed by atoms with Crippen molar-refractivity contribution in [3.8, 4) is 0 Å². The Morgan fingerprint density at radius 1 is 1.08 bits per heavy atom. The first-order valence-corrected chi connectivity index (χ1v) is 9.91. The first kappa shape index (κ1) is 23.2. The lowest BCUT2D eigenvalue weighted by Gasteiger charge is -2.39. The largest absolute Gasteiger partial charge is 0.480 e. The Kier molecular flexibility index (Phi) is 9.90. The SMILES string of the molecule is CCN(CC(=O)O)C1CCN(CC(=O)N(C(C)C)C2CCCC2)CC1.Cl. The summed E-state index contributed by atoms with van der Waals surface area (Å²) in [6, 6.07) is 1.01. The Labute approximate surface area is 164 Å². The number of likely N-dealkylation sites (N-methyl/N-ethyl adjacent to an activating group) is 1. The molecule has 152 valence electrons. The third-order valence-electron chi connectivity index (χ3n) is 5.74. The van der Waals surface area contributed by atoms with E-state index in [4.69, 9.17) is 5.11 Å². The van der Waals surface area contributed by atoms with E-state index in [-0.39, 0.29) is 30.9 Å². The van der Waals surface area contributed by atoms with Gasteiger partial charge in [-0.1, -0.05) is 19.8 Å². The molecule has 1 saturated carbocycles. The van der Waals surface area contributed by atoms with Crippen LogP contribution in [-0.4, -0.2) is 82.5 Å². The van der Waals surface area contributed by atoms with Gasteiger partial charge in [0.1, 0.15) is 0 Å². The second-order valence-corrected chi connectivity index (χ2v) is 7.80. The maximum atomic E-state index is 12.9. The van der Waals surface area contributed by atoms with Crippen molar-refractivity contribution < 1.29 is 14.7 Å². The Balaban J connectivity index is 0.00000338. The number of likely N-dealkylation sites (tertiary alicyclic amines) is 1. The van der Waals surface area contributed by atoms with E-state index in [2.05, 4.69) is 23.6 Å². The van der Waals surface area contributed by atoms with Crippen molar-refractivity contribution in [2.45, 2.75) is 77.4 Å². The van der Waals surface area contributed by atoms with Crippen LogP contribution in [0.5, 0.6) is 0 Å². The summed E-state index contributed by atoms with van der Waals surface area (Å²) in [4.78, 5) is 30.2. The van der Waals surface area contributed by atoms with Crippen LogP contribution >= 0.6 is 12.4 Å². The zero-order chi connectivity index (χ0) is 18.4. The van der Waals surface area contributed by atoms with Gasteiger partial charge in [0.2, 0.25) is 5.91 Å². The van der Waals surface area contributed by atoms with E-state index >= 15 is 0 Å². The summed E-state index contributed by atoms with van der Waals surface area (Å²) in [5, 5.41) is 9.03. The second-order valence-electron chi connectivity index (χ2n) is 7.80. The number of carboxylic acids is 1. The first-order valence-electron chi connectivity index (χ1n) is 9.91. The summed E-state index contributed by atoms with van der Waals surface area (Å²) < 4.78 is 0. The molecular formula is C19H36ClN3O3. The Morgan fingerprint density at radius 3 is 2.12 bits per heavy atom. The topological polar surface area (TPSA) is 64.1 Å². The lowest BCUT2D eigenvalue weighted by Crippen LogP contribution is -2.51. The van der Waals surface area contributed by atoms with Gasteiger partial charge in [0, 0.05) is 31.2 Å². The molecule has 1 aliphatic heterocycles. The van der Waals surface area contributed by atoms with Gasteiger partial charge >= 0.3 is 5.97 Å². The number of carboxylic acid groups (broad SMARTS) is 1. The molecule has 2 rings (SSSR count). The number of rotatable bonds is 8. The van der Waals surface area contributed by atoms with E-state index in [1.165, 1.54) is 12.8 Å². The molecule has 2 aliphatic rings. The number of carbonyl (C=O) groups excluding carboxylic acids is 1. The second kappa shape index (κ2) is 11.1. The van der Waals surface area contributed by atoms with E-state index in [0.29, 0.717) is 18.6 Å². The lowest BCUT2D eigenvalue weighted by molar-refractivity contribution is -0.139. The van der Waals surface area contributed by atoms with Crippen molar-refractivity contribution in [2.24, 2.45) is 0 Å². The summed E-state index contributed by atoms with van der Waals surface area (Å²) in [5.41, 5.74) is 0. The van der Waals surface area contributed by atoms with Crippen LogP contribution in [0, 0.1) is 0 Å². The highest BCUT2D eigenvalue weighted by Gasteiger charge is 2.31. The molecule has 1 aliphatic carbocycles. The fraction of sp³-hybridized carbons (Fsp3) is 0.895. The average molecular weight is 390 g/mol. The third-order valence-corrected chi connectivity index (χ3v) is 5.74. The minimum absolute atomic E-state index is 0. The third kappa shape index (κ3) is 6.39. The average Bonchev–Trinajstić information content (AvgIpc) is 3.07. The minimum Gasteiger partial charge on any atom is -0.480 e. The number of halogens is 1. The maximum Gasteiger partial charge on any atom is 0.317 e. The van der Waals surface area contributed by atoms with Crippen molar-refractivity contribution >= 4 is 24.3 Å². The number of aliphatic carboxylic acids is 1. The number of carbonyl (C=O) groups is 2. The zero-order valence-corrected chi connectivity index (χ0v) is 17.3. The number of amides is 1. The highest BCUT2D eigenvalue weighted by Crippen LogP contribution is 2.25. The van der Waals surface area contributed by atoms with Crippen molar-refractivity contribution in [3.63, 3.8) is 0 Å². The fourth-order valence-corrected chi connectivity index (χ4v) is 4.48. The van der Waals surface area contributed by atoms with Gasteiger partial charge in [-0.2, -0.15) is 0 Å². The highest BCUT2D eigenvalue weighted by atomic mass is 35.5. The summed E-state index contributed by atoms with van der Waals surface area (Å²) in [6.45, 7) is 9.39. The van der Waals surface area contributed by atoms with Crippen molar-refractivity contribution in [1.82, 2.24) is 14.7 Å². The molecular weight excluding hydrogens is 354 g/mol. The van der Waals surface area contributed by atoms with E-state index in [9.17, 15) is 9.59 Å². The summed E-state index contributed by atoms with van der Waals surface area (Å²) in [7, 11) is 0. The zero-order valence-electron chi connectivity index (χ0n) is 16.5. The van der Waals surface area contributed by atoms with Crippen LogP contribution in [-0.2, 0) is 9.59 Å². The molecule has 0 aromatic rings. The lowest BCUT2D eigenvalue weighted by atomic mass is 10.0. The number of piperidine rings is 1. The van der Waals surface area contributed by atoms with Gasteiger partial charge in [-0.15, -0.1) is 12.4 Å². The predicted molar refractivity (Wildman–Crippen MR) is 106 cm³/mol. The molecule has 7 heteroatoms. The monoisotopic (exact) mass is 389 g/mol. The Bertz CT molecular complexity index is 447. The summed E-state index contributed by atoms with van der Waals surface area (Å²) in [6.07, 6.45) is 6.66. The Hall–Kier alpha value is -0.850. The van der Waals surface area contributed by atoms with Crippen molar-refractivity contribution in [1.29, 1.82) is 0 Å². The molecule has 2 fully saturated rings. The van der Waals surface area contributed by atoms with Gasteiger partial charge in [0.25, 0.3) is 0 Å². The van der Waals surface area contributed by atoms with Crippen LogP contribution in [0.4, 0.5) is 0 Å². The van der Waals surface area contributed by atoms with Gasteiger partial charge in [-0.25, -0.2) is 0 Å². The predicted octanol–water partition coefficient (Wildman–Crippen LogP) is 2.46. The first-order chi connectivity index (χ1) is 11.9. The van der Waals surface area contributed by atoms with Gasteiger partial charge in [0.15, 0.2) is 0 Å². The van der Waals surface area contributed by atoms with Crippen LogP contribution in [0.3, 0.4) is 0 Å². The highest BCUT2D eigenvalue weighted by molar-refractivity contribution is 5.85. The van der Waals surface area contributed by atoms with E-state index in [1.54, 1.807) is 0 Å². The standard InChI is InChI=1S/C19H35N3O3.ClH/c1-4-21(14-19(24)25)16-9-11-20(12-10-16)13-18(23)22(15(2)3)17-7-5-6-8-17;/h15-17H,4-14H2,1-3H3,(H,24,25);1H. The van der Waals surface area contributed by atoms with Gasteiger partial charge in [-0.05, 0) is 46.1 Å². The van der Waals surface area contributed by atoms with E-state index in [1.807, 2.05) is 11.8 Å². The number of hydrogen-bond donors (Lipinski definition) is 1. The molecule has 0 spiro atoms. The van der Waals surface area contributed by atoms with Gasteiger partial charge in [0.05, 0.1) is 13.1 Å². The van der Waals surface area contributed by atoms with E-state index < -0.39 is 5.97 Å². The molecule has 0 atom stereocenters. The van der Waals surface area contributed by atoms with Crippen molar-refractivity contribution in [2.75, 3.05) is 32.7 Å². The molecule has 1 heterocycles. The molecule has 1 N–H and O–H groups in total. The molecule has 0 radical (unpaired) electrons. The molecule has 1 saturated heterocycles. The number of nitrogens with zero attached hydrogens (tertiary/aromatic N) is 3. The van der Waals surface area contributed by atoms with E-state index in [0.717, 1.165) is 45.3 Å². The Morgan fingerprint density at radius 2 is 1.65 bits per heavy atom. The minimum atomic E-state index is -0.761. The quantitative estimate of drug-likeness (QED) is 0.690. The molecule has 26 heavy (non-hydrogen) atoms. The van der Waals surface area contributed by atoms with Crippen molar-refractivity contribution in [3.05, 3.63) is 0 Å². The molecule has 6 nitrogen and oxygen atoms in total. The fourth-order valence-electron chi connectivity index (χ4n) is 4.48. The molecule has 1 amide bonds. The molecule has 0 unspecified atom stereocenters. The maximum absolute atomic E-state index is 12.9. The van der Waals surface area contributed by atoms with Crippen LogP contribution < -0.4 is 0 Å². The summed E-state index contributed by atoms with van der Waals surface area (Å²) in [5.74, 6) is -0.498. The summed E-state index contributed by atoms with van der Waals surface area (Å²) >= 11 is 0. The van der Waals surface area contributed by atoms with Crippen LogP contribution in [0.25, 0.3) is 0 Å². The smallest absolute Gasteiger partial charge is 0.317 e. The molecule has 0 bridgehead atoms. The normalized spacial score (nSPS) is 19.7. The molecule has 0 aromatic heterocycles. The van der Waals surface area contributed by atoms with Gasteiger partial charge < -0.3 is 10.0 Å².